The summed E-state index contributed by atoms with van der Waals surface area (Å²) in [6, 6.07) is 13.2. The van der Waals surface area contributed by atoms with Gasteiger partial charge in [-0.25, -0.2) is 4.79 Å². The predicted molar refractivity (Wildman–Crippen MR) is 97.6 cm³/mol. The first-order valence-electron chi connectivity index (χ1n) is 7.61. The Balaban J connectivity index is 2.30. The van der Waals surface area contributed by atoms with Crippen LogP contribution >= 0.6 is 15.9 Å². The Bertz CT molecular complexity index is 773. The van der Waals surface area contributed by atoms with Crippen LogP contribution in [0.25, 0.3) is 0 Å². The van der Waals surface area contributed by atoms with Crippen LogP contribution in [0.2, 0.25) is 0 Å². The monoisotopic (exact) mass is 403 g/mol. The first kappa shape index (κ1) is 18.9. The second-order valence-electron chi connectivity index (χ2n) is 5.49. The molecular formula is C19H18BrNO4. The molecule has 0 aliphatic carbocycles. The number of likely N-dealkylation sites (N-methyl/N-ethyl adjacent to an activating group) is 1. The molecule has 0 radical (unpaired) electrons. The molecule has 25 heavy (non-hydrogen) atoms. The van der Waals surface area contributed by atoms with Crippen LogP contribution in [0.15, 0.2) is 53.0 Å². The van der Waals surface area contributed by atoms with E-state index in [1.54, 1.807) is 24.3 Å². The summed E-state index contributed by atoms with van der Waals surface area (Å²) in [4.78, 5) is 37.5. The lowest BCUT2D eigenvalue weighted by atomic mass is 10.0. The first-order chi connectivity index (χ1) is 12.0. The van der Waals surface area contributed by atoms with Crippen LogP contribution in [0.5, 0.6) is 0 Å². The number of carbonyl (C=O) groups is 3. The van der Waals surface area contributed by atoms with Gasteiger partial charge in [0.05, 0.1) is 12.7 Å². The van der Waals surface area contributed by atoms with E-state index in [0.717, 1.165) is 10.0 Å². The summed E-state index contributed by atoms with van der Waals surface area (Å²) in [6.45, 7) is 0. The fourth-order valence-corrected chi connectivity index (χ4v) is 2.75. The molecule has 130 valence electrons. The second-order valence-corrected chi connectivity index (χ2v) is 6.41. The van der Waals surface area contributed by atoms with E-state index in [4.69, 9.17) is 4.74 Å². The largest absolute Gasteiger partial charge is 0.467 e. The molecule has 2 rings (SSSR count). The Labute approximate surface area is 154 Å². The Morgan fingerprint density at radius 3 is 2.40 bits per heavy atom. The Morgan fingerprint density at radius 1 is 1.16 bits per heavy atom. The summed E-state index contributed by atoms with van der Waals surface area (Å²) in [5, 5.41) is 0. The van der Waals surface area contributed by atoms with Gasteiger partial charge in [-0.15, -0.1) is 0 Å². The number of aldehydes is 1. The number of amides is 1. The number of nitrogens with zero attached hydrogens (tertiary/aromatic N) is 1. The first-order valence-corrected chi connectivity index (χ1v) is 8.41. The summed E-state index contributed by atoms with van der Waals surface area (Å²) in [7, 11) is 2.82. The van der Waals surface area contributed by atoms with Crippen molar-refractivity contribution in [3.05, 3.63) is 69.7 Å². The van der Waals surface area contributed by atoms with Crippen LogP contribution in [0.1, 0.15) is 26.3 Å². The van der Waals surface area contributed by atoms with Gasteiger partial charge in [0, 0.05) is 23.5 Å². The van der Waals surface area contributed by atoms with E-state index < -0.39 is 17.9 Å². The SMILES string of the molecule is COC(=O)C(Cc1ccc(Br)cc1)N(C)C(=O)c1ccccc1C=O. The number of benzene rings is 2. The maximum absolute atomic E-state index is 12.8. The van der Waals surface area contributed by atoms with Gasteiger partial charge < -0.3 is 9.64 Å². The van der Waals surface area contributed by atoms with E-state index in [1.807, 2.05) is 24.3 Å². The van der Waals surface area contributed by atoms with Gasteiger partial charge in [-0.05, 0) is 23.8 Å². The van der Waals surface area contributed by atoms with Crippen LogP contribution in [0.3, 0.4) is 0 Å². The molecular weight excluding hydrogens is 386 g/mol. The molecule has 2 aromatic carbocycles. The summed E-state index contributed by atoms with van der Waals surface area (Å²) in [5.41, 5.74) is 1.43. The van der Waals surface area contributed by atoms with Crippen molar-refractivity contribution in [3.63, 3.8) is 0 Å². The zero-order chi connectivity index (χ0) is 18.4. The van der Waals surface area contributed by atoms with Crippen LogP contribution in [-0.2, 0) is 16.0 Å². The van der Waals surface area contributed by atoms with Crippen molar-refractivity contribution in [2.24, 2.45) is 0 Å². The lowest BCUT2D eigenvalue weighted by Gasteiger charge is -2.26. The molecule has 0 spiro atoms. The molecule has 1 unspecified atom stereocenters. The zero-order valence-electron chi connectivity index (χ0n) is 13.9. The van der Waals surface area contributed by atoms with Crippen molar-refractivity contribution in [1.29, 1.82) is 0 Å². The highest BCUT2D eigenvalue weighted by molar-refractivity contribution is 9.10. The summed E-state index contributed by atoms with van der Waals surface area (Å²) in [5.74, 6) is -0.919. The fraction of sp³-hybridized carbons (Fsp3) is 0.211. The molecule has 0 aliphatic heterocycles. The minimum Gasteiger partial charge on any atom is -0.467 e. The Hall–Kier alpha value is -2.47. The number of halogens is 1. The van der Waals surface area contributed by atoms with Gasteiger partial charge in [0.15, 0.2) is 6.29 Å². The molecule has 0 saturated carbocycles. The third kappa shape index (κ3) is 4.54. The number of rotatable bonds is 6. The van der Waals surface area contributed by atoms with E-state index in [9.17, 15) is 14.4 Å². The summed E-state index contributed by atoms with van der Waals surface area (Å²) in [6.07, 6.45) is 0.939. The maximum Gasteiger partial charge on any atom is 0.328 e. The second kappa shape index (κ2) is 8.58. The van der Waals surface area contributed by atoms with Crippen molar-refractivity contribution in [2.45, 2.75) is 12.5 Å². The van der Waals surface area contributed by atoms with E-state index >= 15 is 0 Å². The molecule has 2 aromatic rings. The van der Waals surface area contributed by atoms with Gasteiger partial charge in [-0.3, -0.25) is 9.59 Å². The van der Waals surface area contributed by atoms with Crippen molar-refractivity contribution in [2.75, 3.05) is 14.2 Å². The third-order valence-electron chi connectivity index (χ3n) is 3.92. The minimum absolute atomic E-state index is 0.254. The van der Waals surface area contributed by atoms with Crippen molar-refractivity contribution in [1.82, 2.24) is 4.90 Å². The van der Waals surface area contributed by atoms with Crippen LogP contribution in [0.4, 0.5) is 0 Å². The molecule has 1 atom stereocenters. The van der Waals surface area contributed by atoms with Crippen molar-refractivity contribution < 1.29 is 19.1 Å². The molecule has 0 aliphatic rings. The molecule has 6 heteroatoms. The number of esters is 1. The smallest absolute Gasteiger partial charge is 0.328 e. The van der Waals surface area contributed by atoms with E-state index in [2.05, 4.69) is 15.9 Å². The number of ether oxygens (including phenoxy) is 1. The quantitative estimate of drug-likeness (QED) is 0.548. The zero-order valence-corrected chi connectivity index (χ0v) is 15.5. The average molecular weight is 404 g/mol. The van der Waals surface area contributed by atoms with Gasteiger partial charge >= 0.3 is 5.97 Å². The highest BCUT2D eigenvalue weighted by atomic mass is 79.9. The van der Waals surface area contributed by atoms with Gasteiger partial charge in [-0.1, -0.05) is 46.3 Å². The highest BCUT2D eigenvalue weighted by Crippen LogP contribution is 2.17. The molecule has 0 bridgehead atoms. The van der Waals surface area contributed by atoms with Crippen molar-refractivity contribution >= 4 is 34.1 Å². The standard InChI is InChI=1S/C19H18BrNO4/c1-21(18(23)16-6-4-3-5-14(16)12-22)17(19(24)25-2)11-13-7-9-15(20)10-8-13/h3-10,12,17H,11H2,1-2H3. The van der Waals surface area contributed by atoms with Gasteiger partial charge in [0.1, 0.15) is 6.04 Å². The van der Waals surface area contributed by atoms with Crippen molar-refractivity contribution in [3.8, 4) is 0 Å². The molecule has 1 amide bonds. The third-order valence-corrected chi connectivity index (χ3v) is 4.45. The van der Waals surface area contributed by atoms with Gasteiger partial charge in [0.2, 0.25) is 0 Å². The molecule has 0 N–H and O–H groups in total. The molecule has 0 fully saturated rings. The summed E-state index contributed by atoms with van der Waals surface area (Å²) >= 11 is 3.36. The topological polar surface area (TPSA) is 63.7 Å². The van der Waals surface area contributed by atoms with Gasteiger partial charge in [0.25, 0.3) is 5.91 Å². The van der Waals surface area contributed by atoms with Crippen LogP contribution in [0, 0.1) is 0 Å². The molecule has 0 saturated heterocycles. The number of hydrogen-bond acceptors (Lipinski definition) is 4. The Kier molecular flexibility index (Phi) is 6.47. The Morgan fingerprint density at radius 2 is 1.80 bits per heavy atom. The molecule has 0 aromatic heterocycles. The predicted octanol–water partition coefficient (Wildman–Crippen LogP) is 3.12. The highest BCUT2D eigenvalue weighted by Gasteiger charge is 2.29. The lowest BCUT2D eigenvalue weighted by molar-refractivity contribution is -0.145. The van der Waals surface area contributed by atoms with Crippen LogP contribution < -0.4 is 0 Å². The fourth-order valence-electron chi connectivity index (χ4n) is 2.48. The van der Waals surface area contributed by atoms with E-state index in [-0.39, 0.29) is 11.1 Å². The molecule has 5 nitrogen and oxygen atoms in total. The number of carbonyl (C=O) groups excluding carboxylic acids is 3. The number of methoxy groups -OCH3 is 1. The average Bonchev–Trinajstić information content (AvgIpc) is 2.65. The van der Waals surface area contributed by atoms with Crippen LogP contribution in [-0.4, -0.2) is 43.3 Å². The maximum atomic E-state index is 12.8. The summed E-state index contributed by atoms with van der Waals surface area (Å²) < 4.78 is 5.79. The normalized spacial score (nSPS) is 11.5. The lowest BCUT2D eigenvalue weighted by Crippen LogP contribution is -2.44. The van der Waals surface area contributed by atoms with E-state index in [0.29, 0.717) is 12.7 Å². The minimum atomic E-state index is -0.793. The molecule has 0 heterocycles. The number of hydrogen-bond donors (Lipinski definition) is 0. The van der Waals surface area contributed by atoms with E-state index in [1.165, 1.54) is 19.1 Å². The van der Waals surface area contributed by atoms with Gasteiger partial charge in [-0.2, -0.15) is 0 Å².